The van der Waals surface area contributed by atoms with Crippen LogP contribution in [0.2, 0.25) is 0 Å². The number of hydrogen-bond donors (Lipinski definition) is 1. The molecule has 0 bridgehead atoms. The van der Waals surface area contributed by atoms with E-state index in [4.69, 9.17) is 10.4 Å². The number of carbonyl (C=O) groups is 1. The van der Waals surface area contributed by atoms with E-state index < -0.39 is 42.3 Å². The second-order valence-electron chi connectivity index (χ2n) is 3.41. The Morgan fingerprint density at radius 1 is 1.37 bits per heavy atom. The van der Waals surface area contributed by atoms with Gasteiger partial charge >= 0.3 is 12.6 Å². The van der Waals surface area contributed by atoms with Gasteiger partial charge in [-0.2, -0.15) is 14.0 Å². The van der Waals surface area contributed by atoms with Gasteiger partial charge in [0, 0.05) is 5.56 Å². The average Bonchev–Trinajstić information content (AvgIpc) is 2.27. The molecule has 0 radical (unpaired) electrons. The molecule has 0 saturated carbocycles. The molecule has 0 spiro atoms. The highest BCUT2D eigenvalue weighted by Crippen LogP contribution is 2.31. The average molecular weight is 277 g/mol. The molecule has 0 aromatic heterocycles. The maximum atomic E-state index is 12.7. The molecule has 19 heavy (non-hydrogen) atoms. The van der Waals surface area contributed by atoms with Gasteiger partial charge < -0.3 is 9.84 Å². The Bertz CT molecular complexity index is 525. The lowest BCUT2D eigenvalue weighted by Gasteiger charge is -2.12. The Balaban J connectivity index is 3.34. The summed E-state index contributed by atoms with van der Waals surface area (Å²) in [6, 6.07) is 2.81. The van der Waals surface area contributed by atoms with Crippen molar-refractivity contribution in [3.63, 3.8) is 0 Å². The minimum absolute atomic E-state index is 0.378. The van der Waals surface area contributed by atoms with Crippen molar-refractivity contribution in [1.82, 2.24) is 0 Å². The molecular weight excluding hydrogens is 270 g/mol. The number of ether oxygens (including phenoxy) is 1. The van der Waals surface area contributed by atoms with Crippen molar-refractivity contribution in [2.45, 2.75) is 19.5 Å². The van der Waals surface area contributed by atoms with Gasteiger partial charge in [0.15, 0.2) is 0 Å². The van der Waals surface area contributed by atoms with E-state index in [2.05, 4.69) is 4.74 Å². The summed E-state index contributed by atoms with van der Waals surface area (Å²) >= 11 is 0. The van der Waals surface area contributed by atoms with Crippen LogP contribution in [0.3, 0.4) is 0 Å². The Labute approximate surface area is 104 Å². The standard InChI is InChI=1S/C11H7F4NO3/c12-10(13)7-1-6(4-16)8(19-11(14)15)2-5(7)3-9(17)18/h1-2,10-11H,3H2,(H,17,18). The first kappa shape index (κ1) is 14.8. The molecule has 0 fully saturated rings. The number of nitrogens with zero attached hydrogens (tertiary/aromatic N) is 1. The summed E-state index contributed by atoms with van der Waals surface area (Å²) in [5, 5.41) is 17.2. The summed E-state index contributed by atoms with van der Waals surface area (Å²) in [6.07, 6.45) is -3.81. The molecule has 102 valence electrons. The Kier molecular flexibility index (Phi) is 4.69. The monoisotopic (exact) mass is 277 g/mol. The zero-order chi connectivity index (χ0) is 14.6. The predicted octanol–water partition coefficient (Wildman–Crippen LogP) is 2.72. The molecule has 1 aromatic carbocycles. The SMILES string of the molecule is N#Cc1cc(C(F)F)c(CC(=O)O)cc1OC(F)F. The largest absolute Gasteiger partial charge is 0.481 e. The lowest BCUT2D eigenvalue weighted by atomic mass is 10.0. The van der Waals surface area contributed by atoms with Crippen LogP contribution in [0.4, 0.5) is 17.6 Å². The van der Waals surface area contributed by atoms with Gasteiger partial charge in [-0.3, -0.25) is 4.79 Å². The van der Waals surface area contributed by atoms with E-state index in [1.807, 2.05) is 0 Å². The van der Waals surface area contributed by atoms with E-state index in [-0.39, 0.29) is 5.56 Å². The first-order valence-electron chi connectivity index (χ1n) is 4.86. The Morgan fingerprint density at radius 2 is 2.00 bits per heavy atom. The van der Waals surface area contributed by atoms with Crippen LogP contribution in [-0.2, 0) is 11.2 Å². The molecule has 0 amide bonds. The smallest absolute Gasteiger partial charge is 0.387 e. The molecule has 1 N–H and O–H groups in total. The molecule has 0 aliphatic carbocycles. The van der Waals surface area contributed by atoms with E-state index >= 15 is 0 Å². The number of aliphatic carboxylic acids is 1. The van der Waals surface area contributed by atoms with E-state index in [0.29, 0.717) is 6.07 Å². The van der Waals surface area contributed by atoms with Crippen LogP contribution in [0.5, 0.6) is 5.75 Å². The number of carboxylic acid groups (broad SMARTS) is 1. The number of rotatable bonds is 5. The molecule has 4 nitrogen and oxygen atoms in total. The van der Waals surface area contributed by atoms with Gasteiger partial charge in [0.05, 0.1) is 12.0 Å². The predicted molar refractivity (Wildman–Crippen MR) is 54.1 cm³/mol. The van der Waals surface area contributed by atoms with E-state index in [1.54, 1.807) is 0 Å². The van der Waals surface area contributed by atoms with Gasteiger partial charge in [0.2, 0.25) is 0 Å². The number of nitriles is 1. The number of carboxylic acids is 1. The first-order chi connectivity index (χ1) is 8.85. The molecule has 0 atom stereocenters. The van der Waals surface area contributed by atoms with Crippen molar-refractivity contribution in [3.05, 3.63) is 28.8 Å². The molecule has 0 unspecified atom stereocenters. The van der Waals surface area contributed by atoms with Crippen molar-refractivity contribution >= 4 is 5.97 Å². The molecule has 0 aliphatic rings. The highest BCUT2D eigenvalue weighted by atomic mass is 19.3. The Hall–Kier alpha value is -2.30. The molecule has 0 saturated heterocycles. The van der Waals surface area contributed by atoms with Crippen LogP contribution in [0.15, 0.2) is 12.1 Å². The molecular formula is C11H7F4NO3. The van der Waals surface area contributed by atoms with Crippen molar-refractivity contribution in [2.75, 3.05) is 0 Å². The number of hydrogen-bond acceptors (Lipinski definition) is 3. The molecule has 8 heteroatoms. The number of alkyl halides is 4. The molecule has 1 rings (SSSR count). The zero-order valence-electron chi connectivity index (χ0n) is 9.24. The minimum Gasteiger partial charge on any atom is -0.481 e. The third-order valence-corrected chi connectivity index (χ3v) is 2.15. The van der Waals surface area contributed by atoms with Gasteiger partial charge in [-0.1, -0.05) is 0 Å². The van der Waals surface area contributed by atoms with Crippen molar-refractivity contribution in [3.8, 4) is 11.8 Å². The van der Waals surface area contributed by atoms with Crippen LogP contribution in [-0.4, -0.2) is 17.7 Å². The maximum absolute atomic E-state index is 12.7. The fourth-order valence-corrected chi connectivity index (χ4v) is 1.44. The normalized spacial score (nSPS) is 10.6. The van der Waals surface area contributed by atoms with Gasteiger partial charge in [0.1, 0.15) is 11.8 Å². The maximum Gasteiger partial charge on any atom is 0.387 e. The summed E-state index contributed by atoms with van der Waals surface area (Å²) in [6.45, 7) is -3.25. The van der Waals surface area contributed by atoms with Gasteiger partial charge in [-0.15, -0.1) is 0 Å². The first-order valence-corrected chi connectivity index (χ1v) is 4.86. The van der Waals surface area contributed by atoms with E-state index in [9.17, 15) is 22.4 Å². The second kappa shape index (κ2) is 6.04. The third-order valence-electron chi connectivity index (χ3n) is 2.15. The molecule has 1 aromatic rings. The summed E-state index contributed by atoms with van der Waals surface area (Å²) < 4.78 is 53.6. The number of benzene rings is 1. The highest BCUT2D eigenvalue weighted by Gasteiger charge is 2.20. The Morgan fingerprint density at radius 3 is 2.42 bits per heavy atom. The van der Waals surface area contributed by atoms with Crippen molar-refractivity contribution < 1.29 is 32.2 Å². The lowest BCUT2D eigenvalue weighted by molar-refractivity contribution is -0.136. The minimum atomic E-state index is -3.25. The summed E-state index contributed by atoms with van der Waals surface area (Å²) in [4.78, 5) is 10.5. The van der Waals surface area contributed by atoms with Gasteiger partial charge in [-0.05, 0) is 17.7 Å². The van der Waals surface area contributed by atoms with Crippen LogP contribution in [0.25, 0.3) is 0 Å². The van der Waals surface area contributed by atoms with Crippen LogP contribution in [0, 0.1) is 11.3 Å². The van der Waals surface area contributed by atoms with Crippen LogP contribution < -0.4 is 4.74 Å². The topological polar surface area (TPSA) is 70.3 Å². The molecule has 0 aliphatic heterocycles. The summed E-state index contributed by atoms with van der Waals surface area (Å²) in [7, 11) is 0. The van der Waals surface area contributed by atoms with Crippen molar-refractivity contribution in [2.24, 2.45) is 0 Å². The zero-order valence-corrected chi connectivity index (χ0v) is 9.24. The lowest BCUT2D eigenvalue weighted by Crippen LogP contribution is -2.08. The van der Waals surface area contributed by atoms with Gasteiger partial charge in [0.25, 0.3) is 6.43 Å². The highest BCUT2D eigenvalue weighted by molar-refractivity contribution is 5.71. The van der Waals surface area contributed by atoms with Crippen LogP contribution in [0.1, 0.15) is 23.1 Å². The fraction of sp³-hybridized carbons (Fsp3) is 0.273. The third kappa shape index (κ3) is 3.84. The molecule has 0 heterocycles. The quantitative estimate of drug-likeness (QED) is 0.840. The van der Waals surface area contributed by atoms with E-state index in [0.717, 1.165) is 6.07 Å². The van der Waals surface area contributed by atoms with Crippen LogP contribution >= 0.6 is 0 Å². The second-order valence-corrected chi connectivity index (χ2v) is 3.41. The van der Waals surface area contributed by atoms with Crippen molar-refractivity contribution in [1.29, 1.82) is 5.26 Å². The number of halogens is 4. The fourth-order valence-electron chi connectivity index (χ4n) is 1.44. The summed E-state index contributed by atoms with van der Waals surface area (Å²) in [5.41, 5.74) is -1.58. The van der Waals surface area contributed by atoms with E-state index in [1.165, 1.54) is 6.07 Å². The summed E-state index contributed by atoms with van der Waals surface area (Å²) in [5.74, 6) is -2.03. The van der Waals surface area contributed by atoms with Gasteiger partial charge in [-0.25, -0.2) is 8.78 Å².